The summed E-state index contributed by atoms with van der Waals surface area (Å²) in [5, 5.41) is 10.1. The lowest BCUT2D eigenvalue weighted by atomic mass is 10.0. The van der Waals surface area contributed by atoms with Crippen molar-refractivity contribution in [1.29, 1.82) is 0 Å². The summed E-state index contributed by atoms with van der Waals surface area (Å²) in [7, 11) is -2.35. The number of halogens is 2. The first kappa shape index (κ1) is 16.5. The van der Waals surface area contributed by atoms with E-state index in [0.29, 0.717) is 5.56 Å². The molecule has 1 N–H and O–H groups in total. The van der Waals surface area contributed by atoms with Gasteiger partial charge >= 0.3 is 13.9 Å². The number of phosphoric ester groups is 1. The highest BCUT2D eigenvalue weighted by Crippen LogP contribution is 2.61. The fraction of sp³-hybridized carbons (Fsp3) is 0.538. The second-order valence-corrected chi connectivity index (χ2v) is 6.63. The Morgan fingerprint density at radius 3 is 2.38 bits per heavy atom. The van der Waals surface area contributed by atoms with Gasteiger partial charge in [-0.05, 0) is 12.0 Å². The Bertz CT molecular complexity index is 517. The van der Waals surface area contributed by atoms with E-state index >= 15 is 0 Å². The minimum absolute atomic E-state index is 0.0660. The molecule has 0 aromatic heterocycles. The number of alkyl halides is 2. The zero-order valence-electron chi connectivity index (χ0n) is 11.6. The van der Waals surface area contributed by atoms with Crippen molar-refractivity contribution in [3.63, 3.8) is 0 Å². The lowest BCUT2D eigenvalue weighted by Crippen LogP contribution is -2.25. The van der Waals surface area contributed by atoms with Gasteiger partial charge in [0, 0.05) is 20.1 Å². The van der Waals surface area contributed by atoms with E-state index in [0.717, 1.165) is 14.2 Å². The molecule has 1 aliphatic rings. The largest absolute Gasteiger partial charge is 0.479 e. The van der Waals surface area contributed by atoms with Crippen molar-refractivity contribution in [2.75, 3.05) is 14.2 Å². The SMILES string of the molecule is COP(=O)(OC)OC(F)(F)[C@H]1C[C@@H]1[C@@H](O)c1ccccc1. The topological polar surface area (TPSA) is 65.0 Å². The highest BCUT2D eigenvalue weighted by Gasteiger charge is 2.61. The minimum atomic E-state index is -4.28. The number of hydrogen-bond donors (Lipinski definition) is 1. The third-order valence-corrected chi connectivity index (χ3v) is 4.86. The first-order valence-corrected chi connectivity index (χ1v) is 7.82. The van der Waals surface area contributed by atoms with Crippen LogP contribution in [0.15, 0.2) is 30.3 Å². The lowest BCUT2D eigenvalue weighted by Gasteiger charge is -2.22. The molecule has 0 aliphatic heterocycles. The molecule has 1 fully saturated rings. The molecule has 0 amide bonds. The van der Waals surface area contributed by atoms with Gasteiger partial charge in [0.05, 0.1) is 12.0 Å². The van der Waals surface area contributed by atoms with Crippen molar-refractivity contribution in [1.82, 2.24) is 0 Å². The standard InChI is InChI=1S/C13H17F2O5P/c1-18-21(17,19-2)20-13(14,15)11-8-10(11)12(16)9-6-4-3-5-7-9/h3-7,10-12,16H,8H2,1-2H3/t10-,11-,12-/m0/s1. The van der Waals surface area contributed by atoms with Crippen LogP contribution in [0, 0.1) is 11.8 Å². The maximum Gasteiger partial charge on any atom is 0.479 e. The van der Waals surface area contributed by atoms with E-state index in [1.165, 1.54) is 0 Å². The summed E-state index contributed by atoms with van der Waals surface area (Å²) >= 11 is 0. The Balaban J connectivity index is 2.03. The van der Waals surface area contributed by atoms with E-state index in [-0.39, 0.29) is 6.42 Å². The lowest BCUT2D eigenvalue weighted by molar-refractivity contribution is -0.209. The van der Waals surface area contributed by atoms with Crippen molar-refractivity contribution in [2.24, 2.45) is 11.8 Å². The Labute approximate surface area is 121 Å². The Hall–Kier alpha value is -0.850. The van der Waals surface area contributed by atoms with Gasteiger partial charge in [0.2, 0.25) is 0 Å². The summed E-state index contributed by atoms with van der Waals surface area (Å²) in [6.45, 7) is 0. The average molecular weight is 322 g/mol. The van der Waals surface area contributed by atoms with Gasteiger partial charge in [-0.2, -0.15) is 8.78 Å². The molecule has 1 aromatic carbocycles. The van der Waals surface area contributed by atoms with Crippen molar-refractivity contribution in [2.45, 2.75) is 18.6 Å². The van der Waals surface area contributed by atoms with Crippen LogP contribution in [0.2, 0.25) is 0 Å². The zero-order valence-corrected chi connectivity index (χ0v) is 12.5. The zero-order chi connectivity index (χ0) is 15.7. The molecule has 8 heteroatoms. The summed E-state index contributed by atoms with van der Waals surface area (Å²) in [4.78, 5) is 0. The van der Waals surface area contributed by atoms with Crippen molar-refractivity contribution in [3.8, 4) is 0 Å². The van der Waals surface area contributed by atoms with E-state index < -0.39 is 31.9 Å². The number of aliphatic hydroxyl groups excluding tert-OH is 1. The Morgan fingerprint density at radius 2 is 1.86 bits per heavy atom. The molecule has 0 spiro atoms. The first-order chi connectivity index (χ1) is 9.83. The van der Waals surface area contributed by atoms with Gasteiger partial charge in [0.25, 0.3) is 0 Å². The van der Waals surface area contributed by atoms with Gasteiger partial charge < -0.3 is 5.11 Å². The van der Waals surface area contributed by atoms with Crippen molar-refractivity contribution in [3.05, 3.63) is 35.9 Å². The molecule has 0 bridgehead atoms. The van der Waals surface area contributed by atoms with Gasteiger partial charge in [-0.3, -0.25) is 9.05 Å². The molecular weight excluding hydrogens is 305 g/mol. The second kappa shape index (κ2) is 6.10. The van der Waals surface area contributed by atoms with Gasteiger partial charge in [0.1, 0.15) is 0 Å². The van der Waals surface area contributed by atoms with Crippen LogP contribution in [0.25, 0.3) is 0 Å². The van der Waals surface area contributed by atoms with Crippen LogP contribution >= 0.6 is 7.82 Å². The third kappa shape index (κ3) is 3.67. The molecule has 1 aliphatic carbocycles. The molecule has 0 heterocycles. The van der Waals surface area contributed by atoms with Gasteiger partial charge in [-0.25, -0.2) is 9.09 Å². The molecule has 0 unspecified atom stereocenters. The predicted octanol–water partition coefficient (Wildman–Crippen LogP) is 3.37. The predicted molar refractivity (Wildman–Crippen MR) is 70.7 cm³/mol. The Morgan fingerprint density at radius 1 is 1.29 bits per heavy atom. The van der Waals surface area contributed by atoms with Crippen LogP contribution in [0.5, 0.6) is 0 Å². The molecule has 0 saturated heterocycles. The highest BCUT2D eigenvalue weighted by atomic mass is 31.2. The van der Waals surface area contributed by atoms with E-state index in [1.54, 1.807) is 30.3 Å². The molecule has 1 saturated carbocycles. The number of aliphatic hydroxyl groups is 1. The maximum absolute atomic E-state index is 13.9. The molecule has 0 radical (unpaired) electrons. The smallest absolute Gasteiger partial charge is 0.388 e. The van der Waals surface area contributed by atoms with Gasteiger partial charge in [-0.15, -0.1) is 0 Å². The highest BCUT2D eigenvalue weighted by molar-refractivity contribution is 7.48. The number of hydrogen-bond acceptors (Lipinski definition) is 5. The average Bonchev–Trinajstić information content (AvgIpc) is 3.28. The minimum Gasteiger partial charge on any atom is -0.388 e. The summed E-state index contributed by atoms with van der Waals surface area (Å²) in [6, 6.07) is 8.53. The summed E-state index contributed by atoms with van der Waals surface area (Å²) in [5.74, 6) is -1.89. The van der Waals surface area contributed by atoms with Crippen LogP contribution in [0.1, 0.15) is 18.1 Å². The fourth-order valence-electron chi connectivity index (χ4n) is 2.21. The van der Waals surface area contributed by atoms with Crippen LogP contribution in [0.3, 0.4) is 0 Å². The summed E-state index contributed by atoms with van der Waals surface area (Å²) in [6.07, 6.45) is -4.64. The summed E-state index contributed by atoms with van der Waals surface area (Å²) < 4.78 is 52.4. The molecular formula is C13H17F2O5P. The third-order valence-electron chi connectivity index (χ3n) is 3.50. The van der Waals surface area contributed by atoms with Gasteiger partial charge in [-0.1, -0.05) is 30.3 Å². The molecule has 3 atom stereocenters. The fourth-order valence-corrected chi connectivity index (χ4v) is 2.94. The number of benzene rings is 1. The van der Waals surface area contributed by atoms with Crippen LogP contribution < -0.4 is 0 Å². The molecule has 118 valence electrons. The van der Waals surface area contributed by atoms with Crippen molar-refractivity contribution < 1.29 is 32.0 Å². The van der Waals surface area contributed by atoms with E-state index in [9.17, 15) is 18.5 Å². The van der Waals surface area contributed by atoms with E-state index in [4.69, 9.17) is 0 Å². The number of phosphoric acid groups is 1. The van der Waals surface area contributed by atoms with Gasteiger partial charge in [0.15, 0.2) is 0 Å². The van der Waals surface area contributed by atoms with E-state index in [1.807, 2.05) is 0 Å². The molecule has 21 heavy (non-hydrogen) atoms. The van der Waals surface area contributed by atoms with Crippen molar-refractivity contribution >= 4 is 7.82 Å². The first-order valence-electron chi connectivity index (χ1n) is 6.36. The normalized spacial score (nSPS) is 23.9. The van der Waals surface area contributed by atoms with Crippen LogP contribution in [-0.2, 0) is 18.1 Å². The maximum atomic E-state index is 13.9. The quantitative estimate of drug-likeness (QED) is 0.780. The van der Waals surface area contributed by atoms with E-state index in [2.05, 4.69) is 13.6 Å². The number of rotatable bonds is 7. The second-order valence-electron chi connectivity index (χ2n) is 4.83. The monoisotopic (exact) mass is 322 g/mol. The summed E-state index contributed by atoms with van der Waals surface area (Å²) in [5.41, 5.74) is 0.558. The molecule has 2 rings (SSSR count). The van der Waals surface area contributed by atoms with Crippen LogP contribution in [-0.4, -0.2) is 25.4 Å². The Kier molecular flexibility index (Phi) is 4.80. The molecule has 1 aromatic rings. The van der Waals surface area contributed by atoms with Crippen LogP contribution in [0.4, 0.5) is 8.78 Å². The molecule has 5 nitrogen and oxygen atoms in total.